The number of aliphatic imine (C=N–C) groups is 1. The summed E-state index contributed by atoms with van der Waals surface area (Å²) in [6.07, 6.45) is 3.33. The minimum atomic E-state index is 0. The predicted molar refractivity (Wildman–Crippen MR) is 103 cm³/mol. The Hall–Kier alpha value is -0.820. The first-order valence-corrected chi connectivity index (χ1v) is 7.86. The fourth-order valence-electron chi connectivity index (χ4n) is 2.51. The molecule has 1 fully saturated rings. The molecule has 0 aromatic heterocycles. The van der Waals surface area contributed by atoms with Crippen molar-refractivity contribution in [3.63, 3.8) is 0 Å². The normalized spacial score (nSPS) is 19.4. The molecule has 1 aromatic carbocycles. The molecule has 0 spiro atoms. The van der Waals surface area contributed by atoms with E-state index in [1.54, 1.807) is 0 Å². The molecule has 0 radical (unpaired) electrons. The van der Waals surface area contributed by atoms with Gasteiger partial charge in [0, 0.05) is 32.2 Å². The second kappa shape index (κ2) is 10.8. The van der Waals surface area contributed by atoms with Crippen LogP contribution in [0.15, 0.2) is 35.3 Å². The molecule has 0 amide bonds. The van der Waals surface area contributed by atoms with Crippen molar-refractivity contribution in [3.8, 4) is 0 Å². The highest BCUT2D eigenvalue weighted by Crippen LogP contribution is 2.10. The van der Waals surface area contributed by atoms with E-state index in [4.69, 9.17) is 4.74 Å². The SMILES string of the molecule is CN=C(NCC1CCOC1)NC(C)CCc1ccccc1.I. The summed E-state index contributed by atoms with van der Waals surface area (Å²) in [7, 11) is 1.82. The van der Waals surface area contributed by atoms with Crippen molar-refractivity contribution < 1.29 is 4.74 Å². The molecule has 2 N–H and O–H groups in total. The second-order valence-corrected chi connectivity index (χ2v) is 5.75. The van der Waals surface area contributed by atoms with Gasteiger partial charge in [0.1, 0.15) is 0 Å². The number of aryl methyl sites for hydroxylation is 1. The molecule has 2 rings (SSSR count). The first-order chi connectivity index (χ1) is 10.3. The van der Waals surface area contributed by atoms with Crippen LogP contribution in [-0.4, -0.2) is 38.8 Å². The van der Waals surface area contributed by atoms with E-state index in [1.807, 2.05) is 7.05 Å². The van der Waals surface area contributed by atoms with Crippen LogP contribution in [0.4, 0.5) is 0 Å². The molecule has 1 saturated heterocycles. The van der Waals surface area contributed by atoms with Crippen LogP contribution in [0.5, 0.6) is 0 Å². The molecule has 4 nitrogen and oxygen atoms in total. The van der Waals surface area contributed by atoms with E-state index < -0.39 is 0 Å². The Labute approximate surface area is 151 Å². The van der Waals surface area contributed by atoms with Crippen molar-refractivity contribution in [3.05, 3.63) is 35.9 Å². The number of halogens is 1. The number of hydrogen-bond donors (Lipinski definition) is 2. The Balaban J connectivity index is 0.00000242. The van der Waals surface area contributed by atoms with Crippen LogP contribution in [-0.2, 0) is 11.2 Å². The third kappa shape index (κ3) is 6.96. The minimum Gasteiger partial charge on any atom is -0.381 e. The molecule has 1 heterocycles. The van der Waals surface area contributed by atoms with E-state index in [0.29, 0.717) is 12.0 Å². The van der Waals surface area contributed by atoms with Gasteiger partial charge in [0.15, 0.2) is 5.96 Å². The van der Waals surface area contributed by atoms with Crippen LogP contribution in [0.25, 0.3) is 0 Å². The van der Waals surface area contributed by atoms with Crippen molar-refractivity contribution >= 4 is 29.9 Å². The molecule has 124 valence electrons. The molecule has 1 aliphatic heterocycles. The first kappa shape index (κ1) is 19.2. The first-order valence-electron chi connectivity index (χ1n) is 7.86. The summed E-state index contributed by atoms with van der Waals surface area (Å²) in [5.41, 5.74) is 1.39. The average Bonchev–Trinajstić information content (AvgIpc) is 3.04. The Morgan fingerprint density at radius 2 is 2.14 bits per heavy atom. The standard InChI is InChI=1S/C17H27N3O.HI/c1-14(8-9-15-6-4-3-5-7-15)20-17(18-2)19-12-16-10-11-21-13-16;/h3-7,14,16H,8-13H2,1-2H3,(H2,18,19,20);1H. The summed E-state index contributed by atoms with van der Waals surface area (Å²) in [6, 6.07) is 11.0. The quantitative estimate of drug-likeness (QED) is 0.425. The van der Waals surface area contributed by atoms with Gasteiger partial charge in [0.05, 0.1) is 6.61 Å². The monoisotopic (exact) mass is 417 g/mol. The molecule has 0 saturated carbocycles. The summed E-state index contributed by atoms with van der Waals surface area (Å²) in [6.45, 7) is 4.90. The lowest BCUT2D eigenvalue weighted by molar-refractivity contribution is 0.186. The maximum absolute atomic E-state index is 5.39. The van der Waals surface area contributed by atoms with Gasteiger partial charge in [-0.1, -0.05) is 30.3 Å². The van der Waals surface area contributed by atoms with Crippen molar-refractivity contribution in [2.45, 2.75) is 32.2 Å². The zero-order valence-corrected chi connectivity index (χ0v) is 15.9. The Bertz CT molecular complexity index is 433. The van der Waals surface area contributed by atoms with E-state index >= 15 is 0 Å². The van der Waals surface area contributed by atoms with Gasteiger partial charge >= 0.3 is 0 Å². The summed E-state index contributed by atoms with van der Waals surface area (Å²) >= 11 is 0. The predicted octanol–water partition coefficient (Wildman–Crippen LogP) is 2.83. The number of hydrogen-bond acceptors (Lipinski definition) is 2. The molecular weight excluding hydrogens is 389 g/mol. The van der Waals surface area contributed by atoms with Crippen LogP contribution >= 0.6 is 24.0 Å². The Morgan fingerprint density at radius 3 is 2.77 bits per heavy atom. The van der Waals surface area contributed by atoms with Gasteiger partial charge in [-0.05, 0) is 31.7 Å². The fraction of sp³-hybridized carbons (Fsp3) is 0.588. The molecule has 5 heteroatoms. The molecule has 1 aliphatic rings. The van der Waals surface area contributed by atoms with Crippen molar-refractivity contribution in [2.75, 3.05) is 26.8 Å². The largest absolute Gasteiger partial charge is 0.381 e. The summed E-state index contributed by atoms with van der Waals surface area (Å²) < 4.78 is 5.39. The average molecular weight is 417 g/mol. The maximum Gasteiger partial charge on any atom is 0.191 e. The zero-order chi connectivity index (χ0) is 14.9. The summed E-state index contributed by atoms with van der Waals surface area (Å²) in [5.74, 6) is 1.51. The van der Waals surface area contributed by atoms with Crippen LogP contribution in [0.2, 0.25) is 0 Å². The van der Waals surface area contributed by atoms with Crippen LogP contribution in [0.1, 0.15) is 25.3 Å². The van der Waals surface area contributed by atoms with Crippen LogP contribution in [0.3, 0.4) is 0 Å². The van der Waals surface area contributed by atoms with Crippen molar-refractivity contribution in [2.24, 2.45) is 10.9 Å². The molecule has 1 aromatic rings. The Morgan fingerprint density at radius 1 is 1.36 bits per heavy atom. The van der Waals surface area contributed by atoms with E-state index in [-0.39, 0.29) is 24.0 Å². The molecule has 2 unspecified atom stereocenters. The zero-order valence-electron chi connectivity index (χ0n) is 13.5. The van der Waals surface area contributed by atoms with Gasteiger partial charge < -0.3 is 15.4 Å². The summed E-state index contributed by atoms with van der Waals surface area (Å²) in [4.78, 5) is 4.30. The highest BCUT2D eigenvalue weighted by atomic mass is 127. The Kier molecular flexibility index (Phi) is 9.47. The molecule has 2 atom stereocenters. The number of rotatable bonds is 6. The molecule has 0 bridgehead atoms. The number of nitrogens with one attached hydrogen (secondary N) is 2. The van der Waals surface area contributed by atoms with Gasteiger partial charge in [-0.15, -0.1) is 24.0 Å². The lowest BCUT2D eigenvalue weighted by Crippen LogP contribution is -2.44. The highest BCUT2D eigenvalue weighted by molar-refractivity contribution is 14.0. The fourth-order valence-corrected chi connectivity index (χ4v) is 2.51. The van der Waals surface area contributed by atoms with E-state index in [0.717, 1.165) is 45.0 Å². The molecule has 0 aliphatic carbocycles. The number of benzene rings is 1. The third-order valence-electron chi connectivity index (χ3n) is 3.90. The smallest absolute Gasteiger partial charge is 0.191 e. The number of nitrogens with zero attached hydrogens (tertiary/aromatic N) is 1. The summed E-state index contributed by atoms with van der Waals surface area (Å²) in [5, 5.41) is 6.86. The van der Waals surface area contributed by atoms with E-state index in [2.05, 4.69) is 52.9 Å². The molecule has 22 heavy (non-hydrogen) atoms. The van der Waals surface area contributed by atoms with Crippen LogP contribution in [0, 0.1) is 5.92 Å². The second-order valence-electron chi connectivity index (χ2n) is 5.75. The van der Waals surface area contributed by atoms with Gasteiger partial charge in [-0.2, -0.15) is 0 Å². The van der Waals surface area contributed by atoms with Gasteiger partial charge in [-0.25, -0.2) is 0 Å². The van der Waals surface area contributed by atoms with E-state index in [9.17, 15) is 0 Å². The molecular formula is C17H28IN3O. The van der Waals surface area contributed by atoms with E-state index in [1.165, 1.54) is 5.56 Å². The van der Waals surface area contributed by atoms with Gasteiger partial charge in [0.25, 0.3) is 0 Å². The lowest BCUT2D eigenvalue weighted by Gasteiger charge is -2.19. The van der Waals surface area contributed by atoms with Crippen molar-refractivity contribution in [1.29, 1.82) is 0 Å². The number of ether oxygens (including phenoxy) is 1. The lowest BCUT2D eigenvalue weighted by atomic mass is 10.1. The third-order valence-corrected chi connectivity index (χ3v) is 3.90. The minimum absolute atomic E-state index is 0. The topological polar surface area (TPSA) is 45.7 Å². The van der Waals surface area contributed by atoms with Gasteiger partial charge in [-0.3, -0.25) is 4.99 Å². The van der Waals surface area contributed by atoms with Crippen LogP contribution < -0.4 is 10.6 Å². The van der Waals surface area contributed by atoms with Crippen molar-refractivity contribution in [1.82, 2.24) is 10.6 Å². The van der Waals surface area contributed by atoms with Gasteiger partial charge in [0.2, 0.25) is 0 Å². The number of guanidine groups is 1. The maximum atomic E-state index is 5.39. The highest BCUT2D eigenvalue weighted by Gasteiger charge is 2.16.